The molecule has 0 aromatic carbocycles. The number of nitrogens with zero attached hydrogens (tertiary/aromatic N) is 6. The van der Waals surface area contributed by atoms with Crippen molar-refractivity contribution in [2.75, 3.05) is 44.2 Å². The predicted molar refractivity (Wildman–Crippen MR) is 157 cm³/mol. The molecule has 3 heterocycles. The fourth-order valence-electron chi connectivity index (χ4n) is 4.14. The van der Waals surface area contributed by atoms with Gasteiger partial charge in [0.25, 0.3) is 0 Å². The van der Waals surface area contributed by atoms with Crippen LogP contribution in [0, 0.1) is 0 Å². The van der Waals surface area contributed by atoms with Crippen molar-refractivity contribution >= 4 is 17.8 Å². The number of carboxylic acid groups (broad SMARTS) is 2. The number of aromatic nitrogens is 4. The van der Waals surface area contributed by atoms with E-state index in [1.54, 1.807) is 16.8 Å². The van der Waals surface area contributed by atoms with Gasteiger partial charge in [0, 0.05) is 74.3 Å². The van der Waals surface area contributed by atoms with Crippen LogP contribution >= 0.6 is 0 Å². The summed E-state index contributed by atoms with van der Waals surface area (Å²) >= 11 is 0. The maximum absolute atomic E-state index is 12.1. The van der Waals surface area contributed by atoms with Crippen LogP contribution in [0.25, 0.3) is 0 Å². The Bertz CT molecular complexity index is 1200. The summed E-state index contributed by atoms with van der Waals surface area (Å²) in [6.45, 7) is 16.9. The molecule has 2 N–H and O–H groups in total. The first-order valence-electron chi connectivity index (χ1n) is 14.1. The molecule has 226 valence electrons. The molecule has 1 saturated heterocycles. The highest BCUT2D eigenvalue weighted by molar-refractivity contribution is 5.89. The Hall–Kier alpha value is -3.80. The van der Waals surface area contributed by atoms with Crippen molar-refractivity contribution in [3.05, 3.63) is 52.5 Å². The van der Waals surface area contributed by atoms with E-state index < -0.39 is 11.9 Å². The van der Waals surface area contributed by atoms with E-state index in [0.717, 1.165) is 75.7 Å². The molecule has 0 radical (unpaired) electrons. The zero-order chi connectivity index (χ0) is 30.4. The molecule has 2 aromatic rings. The highest BCUT2D eigenvalue weighted by Crippen LogP contribution is 2.23. The largest absolute Gasteiger partial charge is 0.478 e. The molecule has 1 fully saturated rings. The highest BCUT2D eigenvalue weighted by Gasteiger charge is 2.23. The third kappa shape index (κ3) is 12.1. The highest BCUT2D eigenvalue weighted by atomic mass is 16.5. The molecule has 0 amide bonds. The first-order chi connectivity index (χ1) is 19.4. The Morgan fingerprint density at radius 2 is 1.61 bits per heavy atom. The van der Waals surface area contributed by atoms with Gasteiger partial charge in [0.2, 0.25) is 5.88 Å². The number of piperazine rings is 1. The zero-order valence-electron chi connectivity index (χ0n) is 24.9. The van der Waals surface area contributed by atoms with E-state index in [-0.39, 0.29) is 11.1 Å². The first-order valence-corrected chi connectivity index (χ1v) is 14.1. The number of ether oxygens (including phenoxy) is 1. The SMILES string of the molecule is CCCc1cc(N2CCN(CCCCn3ccc(OCC)nc3=O)CC2)nc(C(C)(C)C)n1.O=C(O)C=CC(=O)O. The number of hydrogen-bond donors (Lipinski definition) is 2. The lowest BCUT2D eigenvalue weighted by atomic mass is 9.95. The van der Waals surface area contributed by atoms with Crippen molar-refractivity contribution in [3.8, 4) is 5.88 Å². The van der Waals surface area contributed by atoms with E-state index >= 15 is 0 Å². The molecule has 1 aliphatic heterocycles. The minimum absolute atomic E-state index is 0.0544. The second-order valence-electron chi connectivity index (χ2n) is 10.8. The van der Waals surface area contributed by atoms with Crippen molar-refractivity contribution in [1.29, 1.82) is 0 Å². The molecule has 0 aliphatic carbocycles. The number of aliphatic carboxylic acids is 2. The molecule has 12 heteroatoms. The maximum Gasteiger partial charge on any atom is 0.350 e. The Morgan fingerprint density at radius 3 is 2.15 bits per heavy atom. The lowest BCUT2D eigenvalue weighted by Gasteiger charge is -2.36. The number of carbonyl (C=O) groups is 2. The second-order valence-corrected chi connectivity index (χ2v) is 10.8. The van der Waals surface area contributed by atoms with E-state index in [2.05, 4.69) is 48.5 Å². The van der Waals surface area contributed by atoms with Gasteiger partial charge in [0.1, 0.15) is 11.6 Å². The number of rotatable bonds is 12. The fraction of sp³-hybridized carbons (Fsp3) is 0.586. The van der Waals surface area contributed by atoms with Gasteiger partial charge in [0.05, 0.1) is 6.61 Å². The van der Waals surface area contributed by atoms with Crippen LogP contribution in [0.5, 0.6) is 5.88 Å². The quantitative estimate of drug-likeness (QED) is 0.285. The molecular formula is C29H44N6O6. The average Bonchev–Trinajstić information content (AvgIpc) is 2.91. The summed E-state index contributed by atoms with van der Waals surface area (Å²) in [4.78, 5) is 49.8. The number of carboxylic acids is 2. The molecule has 0 bridgehead atoms. The average molecular weight is 573 g/mol. The summed E-state index contributed by atoms with van der Waals surface area (Å²) in [5.74, 6) is -0.109. The van der Waals surface area contributed by atoms with Crippen LogP contribution in [0.2, 0.25) is 0 Å². The number of unbranched alkanes of at least 4 members (excludes halogenated alkanes) is 1. The molecule has 41 heavy (non-hydrogen) atoms. The summed E-state index contributed by atoms with van der Waals surface area (Å²) in [5, 5.41) is 15.6. The third-order valence-electron chi connectivity index (χ3n) is 6.27. The summed E-state index contributed by atoms with van der Waals surface area (Å²) in [5.41, 5.74) is 0.853. The third-order valence-corrected chi connectivity index (χ3v) is 6.27. The van der Waals surface area contributed by atoms with Gasteiger partial charge in [-0.1, -0.05) is 34.1 Å². The predicted octanol–water partition coefficient (Wildman–Crippen LogP) is 3.00. The monoisotopic (exact) mass is 572 g/mol. The summed E-state index contributed by atoms with van der Waals surface area (Å²) in [6.07, 6.45) is 6.99. The van der Waals surface area contributed by atoms with Crippen LogP contribution in [0.4, 0.5) is 5.82 Å². The van der Waals surface area contributed by atoms with Gasteiger partial charge >= 0.3 is 17.6 Å². The minimum atomic E-state index is -1.26. The van der Waals surface area contributed by atoms with Crippen LogP contribution in [0.15, 0.2) is 35.3 Å². The summed E-state index contributed by atoms with van der Waals surface area (Å²) in [6, 6.07) is 3.94. The van der Waals surface area contributed by atoms with E-state index in [4.69, 9.17) is 24.9 Å². The van der Waals surface area contributed by atoms with Gasteiger partial charge < -0.3 is 19.8 Å². The Morgan fingerprint density at radius 1 is 0.976 bits per heavy atom. The molecule has 3 rings (SSSR count). The standard InChI is InChI=1S/C25H40N6O2.C4H4O4/c1-6-10-20-19-21(27-23(26-20)25(3,4)5)30-17-15-29(16-18-30)12-8-9-13-31-14-11-22(33-7-2)28-24(31)32;5-3(6)1-2-4(7)8/h11,14,19H,6-10,12-13,15-18H2,1-5H3;1-2H,(H,5,6)(H,7,8). The van der Waals surface area contributed by atoms with Crippen molar-refractivity contribution in [3.63, 3.8) is 0 Å². The first kappa shape index (κ1) is 33.4. The van der Waals surface area contributed by atoms with E-state index in [1.165, 1.54) is 0 Å². The van der Waals surface area contributed by atoms with Gasteiger partial charge in [-0.2, -0.15) is 4.98 Å². The Balaban J connectivity index is 0.000000642. The van der Waals surface area contributed by atoms with Crippen LogP contribution in [0.1, 0.15) is 65.4 Å². The van der Waals surface area contributed by atoms with E-state index in [9.17, 15) is 14.4 Å². The molecular weight excluding hydrogens is 528 g/mol. The molecule has 0 unspecified atom stereocenters. The zero-order valence-corrected chi connectivity index (χ0v) is 24.9. The van der Waals surface area contributed by atoms with E-state index in [1.807, 2.05) is 6.92 Å². The van der Waals surface area contributed by atoms with Crippen LogP contribution in [0.3, 0.4) is 0 Å². The topological polar surface area (TPSA) is 151 Å². The van der Waals surface area contributed by atoms with Crippen LogP contribution in [-0.4, -0.2) is 85.9 Å². The number of anilines is 1. The molecule has 0 atom stereocenters. The number of hydrogen-bond acceptors (Lipinski definition) is 9. The Kier molecular flexibility index (Phi) is 13.4. The van der Waals surface area contributed by atoms with Crippen LogP contribution in [-0.2, 0) is 28.0 Å². The Labute approximate surface area is 241 Å². The van der Waals surface area contributed by atoms with Crippen molar-refractivity contribution in [1.82, 2.24) is 24.4 Å². The van der Waals surface area contributed by atoms with E-state index in [0.29, 0.717) is 31.2 Å². The molecule has 0 spiro atoms. The summed E-state index contributed by atoms with van der Waals surface area (Å²) in [7, 11) is 0. The van der Waals surface area contributed by atoms with Crippen LogP contribution < -0.4 is 15.3 Å². The van der Waals surface area contributed by atoms with Gasteiger partial charge in [-0.25, -0.2) is 24.4 Å². The van der Waals surface area contributed by atoms with Gasteiger partial charge in [0.15, 0.2) is 0 Å². The van der Waals surface area contributed by atoms with Crippen molar-refractivity contribution in [2.45, 2.75) is 72.3 Å². The molecule has 1 aliphatic rings. The van der Waals surface area contributed by atoms with Crippen molar-refractivity contribution in [2.24, 2.45) is 0 Å². The molecule has 12 nitrogen and oxygen atoms in total. The van der Waals surface area contributed by atoms with Gasteiger partial charge in [-0.3, -0.25) is 9.47 Å². The normalized spacial score (nSPS) is 14.0. The van der Waals surface area contributed by atoms with Gasteiger partial charge in [-0.05, 0) is 32.7 Å². The molecule has 2 aromatic heterocycles. The smallest absolute Gasteiger partial charge is 0.350 e. The van der Waals surface area contributed by atoms with Crippen molar-refractivity contribution < 1.29 is 24.5 Å². The fourth-order valence-corrected chi connectivity index (χ4v) is 4.14. The second kappa shape index (κ2) is 16.5. The minimum Gasteiger partial charge on any atom is -0.478 e. The summed E-state index contributed by atoms with van der Waals surface area (Å²) < 4.78 is 6.95. The number of aryl methyl sites for hydroxylation is 2. The molecule has 0 saturated carbocycles. The lowest BCUT2D eigenvalue weighted by molar-refractivity contribution is -0.134. The maximum atomic E-state index is 12.1. The van der Waals surface area contributed by atoms with Gasteiger partial charge in [-0.15, -0.1) is 0 Å². The lowest BCUT2D eigenvalue weighted by Crippen LogP contribution is -2.47.